The molecule has 0 heterocycles. The lowest BCUT2D eigenvalue weighted by molar-refractivity contribution is 0.282. The van der Waals surface area contributed by atoms with Crippen LogP contribution in [0.5, 0.6) is 0 Å². The van der Waals surface area contributed by atoms with Crippen molar-refractivity contribution in [2.75, 3.05) is 0 Å². The number of hydrogen-bond donors (Lipinski definition) is 1. The molecule has 3 rings (SSSR count). The van der Waals surface area contributed by atoms with E-state index in [1.807, 2.05) is 42.5 Å². The minimum absolute atomic E-state index is 0.0678. The highest BCUT2D eigenvalue weighted by Crippen LogP contribution is 2.15. The highest BCUT2D eigenvalue weighted by atomic mass is 16.3. The molecule has 1 heteroatoms. The van der Waals surface area contributed by atoms with E-state index in [-0.39, 0.29) is 6.61 Å². The smallest absolute Gasteiger partial charge is 0.0681 e. The lowest BCUT2D eigenvalue weighted by Gasteiger charge is -1.97. The van der Waals surface area contributed by atoms with Gasteiger partial charge in [-0.1, -0.05) is 54.3 Å². The molecule has 0 aliphatic heterocycles. The number of hydrogen-bond acceptors (Lipinski definition) is 1. The predicted octanol–water partition coefficient (Wildman–Crippen LogP) is 3.73. The van der Waals surface area contributed by atoms with Crippen molar-refractivity contribution >= 4 is 10.8 Å². The summed E-state index contributed by atoms with van der Waals surface area (Å²) in [6.45, 7) is 0.0678. The van der Waals surface area contributed by atoms with Crippen LogP contribution >= 0.6 is 0 Å². The second-order valence-electron chi connectivity index (χ2n) is 4.67. The first-order chi connectivity index (χ1) is 9.85. The van der Waals surface area contributed by atoms with E-state index in [1.54, 1.807) is 0 Å². The van der Waals surface area contributed by atoms with Gasteiger partial charge >= 0.3 is 0 Å². The molecule has 0 atom stereocenters. The summed E-state index contributed by atoms with van der Waals surface area (Å²) in [4.78, 5) is 0. The van der Waals surface area contributed by atoms with Crippen LogP contribution in [0.15, 0.2) is 66.7 Å². The molecule has 1 nitrogen and oxygen atoms in total. The van der Waals surface area contributed by atoms with E-state index in [1.165, 1.54) is 10.8 Å². The number of aliphatic hydroxyl groups excluding tert-OH is 1. The van der Waals surface area contributed by atoms with Crippen LogP contribution in [0.4, 0.5) is 0 Å². The Bertz CT molecular complexity index is 789. The van der Waals surface area contributed by atoms with E-state index in [4.69, 9.17) is 5.11 Å². The third-order valence-corrected chi connectivity index (χ3v) is 3.24. The van der Waals surface area contributed by atoms with E-state index in [0.717, 1.165) is 16.7 Å². The second-order valence-corrected chi connectivity index (χ2v) is 4.67. The summed E-state index contributed by atoms with van der Waals surface area (Å²) < 4.78 is 0. The minimum Gasteiger partial charge on any atom is -0.392 e. The molecule has 0 fully saturated rings. The highest BCUT2D eigenvalue weighted by Gasteiger charge is 1.93. The molecule has 0 bridgehead atoms. The maximum Gasteiger partial charge on any atom is 0.0681 e. The fourth-order valence-corrected chi connectivity index (χ4v) is 2.10. The van der Waals surface area contributed by atoms with Crippen molar-refractivity contribution < 1.29 is 5.11 Å². The van der Waals surface area contributed by atoms with Crippen LogP contribution in [0, 0.1) is 11.8 Å². The zero-order valence-electron chi connectivity index (χ0n) is 11.0. The quantitative estimate of drug-likeness (QED) is 0.659. The van der Waals surface area contributed by atoms with Crippen LogP contribution in [-0.4, -0.2) is 5.11 Å². The fourth-order valence-electron chi connectivity index (χ4n) is 2.10. The minimum atomic E-state index is 0.0678. The lowest BCUT2D eigenvalue weighted by atomic mass is 10.1. The van der Waals surface area contributed by atoms with Gasteiger partial charge < -0.3 is 5.11 Å². The molecule has 0 amide bonds. The second kappa shape index (κ2) is 5.61. The SMILES string of the molecule is OCc1ccc(C#Cc2ccc3ccccc3c2)cc1. The number of rotatable bonds is 1. The normalized spacial score (nSPS) is 10.1. The molecule has 3 aromatic rings. The highest BCUT2D eigenvalue weighted by molar-refractivity contribution is 5.83. The molecular weight excluding hydrogens is 244 g/mol. The monoisotopic (exact) mass is 258 g/mol. The summed E-state index contributed by atoms with van der Waals surface area (Å²) in [5.74, 6) is 6.32. The molecule has 0 aliphatic rings. The summed E-state index contributed by atoms with van der Waals surface area (Å²) in [6, 6.07) is 22.1. The molecule has 0 unspecified atom stereocenters. The Morgan fingerprint density at radius 1 is 0.700 bits per heavy atom. The summed E-state index contributed by atoms with van der Waals surface area (Å²) in [7, 11) is 0. The molecule has 1 N–H and O–H groups in total. The molecule has 0 radical (unpaired) electrons. The number of benzene rings is 3. The summed E-state index contributed by atoms with van der Waals surface area (Å²) in [6.07, 6.45) is 0. The van der Waals surface area contributed by atoms with E-state index < -0.39 is 0 Å². The van der Waals surface area contributed by atoms with Gasteiger partial charge in [0.1, 0.15) is 0 Å². The van der Waals surface area contributed by atoms with Crippen molar-refractivity contribution in [2.45, 2.75) is 6.61 Å². The molecule has 0 aliphatic carbocycles. The first-order valence-electron chi connectivity index (χ1n) is 6.56. The Kier molecular flexibility index (Phi) is 3.50. The average molecular weight is 258 g/mol. The molecule has 0 aromatic heterocycles. The molecule has 96 valence electrons. The van der Waals surface area contributed by atoms with E-state index >= 15 is 0 Å². The van der Waals surface area contributed by atoms with E-state index in [0.29, 0.717) is 0 Å². The fraction of sp³-hybridized carbons (Fsp3) is 0.0526. The summed E-state index contributed by atoms with van der Waals surface area (Å²) in [5, 5.41) is 11.4. The lowest BCUT2D eigenvalue weighted by Crippen LogP contribution is -1.82. The van der Waals surface area contributed by atoms with Gasteiger partial charge in [0, 0.05) is 11.1 Å². The Balaban J connectivity index is 1.90. The van der Waals surface area contributed by atoms with Crippen molar-refractivity contribution in [3.63, 3.8) is 0 Å². The van der Waals surface area contributed by atoms with Gasteiger partial charge in [-0.15, -0.1) is 0 Å². The third-order valence-electron chi connectivity index (χ3n) is 3.24. The Hall–Kier alpha value is -2.56. The number of aliphatic hydroxyl groups is 1. The van der Waals surface area contributed by atoms with Gasteiger partial charge in [0.15, 0.2) is 0 Å². The molecule has 3 aromatic carbocycles. The van der Waals surface area contributed by atoms with Gasteiger partial charge in [-0.3, -0.25) is 0 Å². The standard InChI is InChI=1S/C19H14O/c20-14-17-9-6-15(7-10-17)5-8-16-11-12-18-3-1-2-4-19(18)13-16/h1-4,6-7,9-13,20H,14H2. The molecule has 20 heavy (non-hydrogen) atoms. The van der Waals surface area contributed by atoms with Gasteiger partial charge in [-0.05, 0) is 40.6 Å². The molecule has 0 spiro atoms. The van der Waals surface area contributed by atoms with Crippen LogP contribution in [0.3, 0.4) is 0 Å². The van der Waals surface area contributed by atoms with E-state index in [2.05, 4.69) is 36.1 Å². The predicted molar refractivity (Wildman–Crippen MR) is 82.3 cm³/mol. The Labute approximate surface area is 118 Å². The summed E-state index contributed by atoms with van der Waals surface area (Å²) in [5.41, 5.74) is 2.87. The zero-order valence-corrected chi connectivity index (χ0v) is 11.0. The van der Waals surface area contributed by atoms with Gasteiger partial charge in [0.2, 0.25) is 0 Å². The van der Waals surface area contributed by atoms with Crippen LogP contribution in [-0.2, 0) is 6.61 Å². The summed E-state index contributed by atoms with van der Waals surface area (Å²) >= 11 is 0. The van der Waals surface area contributed by atoms with Crippen molar-refractivity contribution in [3.8, 4) is 11.8 Å². The van der Waals surface area contributed by atoms with Crippen LogP contribution < -0.4 is 0 Å². The maximum atomic E-state index is 9.00. The third kappa shape index (κ3) is 2.71. The van der Waals surface area contributed by atoms with E-state index in [9.17, 15) is 0 Å². The van der Waals surface area contributed by atoms with Gasteiger partial charge in [0.25, 0.3) is 0 Å². The zero-order chi connectivity index (χ0) is 13.8. The average Bonchev–Trinajstić information content (AvgIpc) is 2.53. The first kappa shape index (κ1) is 12.5. The van der Waals surface area contributed by atoms with Crippen LogP contribution in [0.25, 0.3) is 10.8 Å². The Morgan fingerprint density at radius 2 is 1.35 bits per heavy atom. The van der Waals surface area contributed by atoms with Gasteiger partial charge in [-0.2, -0.15) is 0 Å². The topological polar surface area (TPSA) is 20.2 Å². The van der Waals surface area contributed by atoms with Crippen molar-refractivity contribution in [1.29, 1.82) is 0 Å². The van der Waals surface area contributed by atoms with Crippen LogP contribution in [0.2, 0.25) is 0 Å². The molecule has 0 saturated carbocycles. The van der Waals surface area contributed by atoms with Crippen molar-refractivity contribution in [3.05, 3.63) is 83.4 Å². The van der Waals surface area contributed by atoms with Gasteiger partial charge in [0.05, 0.1) is 6.61 Å². The van der Waals surface area contributed by atoms with Crippen LogP contribution in [0.1, 0.15) is 16.7 Å². The molecular formula is C19H14O. The van der Waals surface area contributed by atoms with Gasteiger partial charge in [-0.25, -0.2) is 0 Å². The largest absolute Gasteiger partial charge is 0.392 e. The first-order valence-corrected chi connectivity index (χ1v) is 6.56. The Morgan fingerprint density at radius 3 is 2.10 bits per heavy atom. The molecule has 0 saturated heterocycles. The maximum absolute atomic E-state index is 9.00. The van der Waals surface area contributed by atoms with Crippen molar-refractivity contribution in [2.24, 2.45) is 0 Å². The number of fused-ring (bicyclic) bond motifs is 1. The van der Waals surface area contributed by atoms with Crippen molar-refractivity contribution in [1.82, 2.24) is 0 Å².